The van der Waals surface area contributed by atoms with Crippen LogP contribution in [0.1, 0.15) is 33.3 Å². The van der Waals surface area contributed by atoms with Gasteiger partial charge in [-0.05, 0) is 30.0 Å². The van der Waals surface area contributed by atoms with Crippen molar-refractivity contribution in [2.45, 2.75) is 38.9 Å². The molecule has 0 saturated carbocycles. The second-order valence-corrected chi connectivity index (χ2v) is 6.48. The van der Waals surface area contributed by atoms with Gasteiger partial charge in [0.1, 0.15) is 0 Å². The van der Waals surface area contributed by atoms with Crippen LogP contribution in [0.2, 0.25) is 0 Å². The molecular weight excluding hydrogens is 290 g/mol. The number of halogens is 1. The minimum Gasteiger partial charge on any atom is -0.326 e. The summed E-state index contributed by atoms with van der Waals surface area (Å²) in [5.41, 5.74) is 2.15. The first kappa shape index (κ1) is 15.2. The highest BCUT2D eigenvalue weighted by atomic mass is 79.9. The summed E-state index contributed by atoms with van der Waals surface area (Å²) in [6.07, 6.45) is 1.01. The van der Waals surface area contributed by atoms with E-state index in [1.807, 2.05) is 26.0 Å². The van der Waals surface area contributed by atoms with Gasteiger partial charge in [-0.3, -0.25) is 4.79 Å². The van der Waals surface area contributed by atoms with Crippen molar-refractivity contribution in [3.63, 3.8) is 0 Å². The van der Waals surface area contributed by atoms with E-state index >= 15 is 0 Å². The maximum Gasteiger partial charge on any atom is 0.226 e. The number of hydrogen-bond acceptors (Lipinski definition) is 1. The van der Waals surface area contributed by atoms with Gasteiger partial charge in [0.05, 0.1) is 0 Å². The molecule has 0 heterocycles. The van der Waals surface area contributed by atoms with Crippen molar-refractivity contribution >= 4 is 27.5 Å². The molecule has 0 saturated heterocycles. The highest BCUT2D eigenvalue weighted by Gasteiger charge is 2.10. The molecular formula is C15H22BrNO. The van der Waals surface area contributed by atoms with E-state index in [1.165, 1.54) is 5.56 Å². The van der Waals surface area contributed by atoms with E-state index < -0.39 is 0 Å². The van der Waals surface area contributed by atoms with Crippen LogP contribution in [0, 0.1) is 11.8 Å². The highest BCUT2D eigenvalue weighted by Crippen LogP contribution is 2.19. The van der Waals surface area contributed by atoms with Crippen LogP contribution in [0.3, 0.4) is 0 Å². The monoisotopic (exact) mass is 311 g/mol. The first-order valence-corrected chi connectivity index (χ1v) is 7.35. The summed E-state index contributed by atoms with van der Waals surface area (Å²) < 4.78 is 0. The van der Waals surface area contributed by atoms with Crippen LogP contribution in [0.25, 0.3) is 0 Å². The lowest BCUT2D eigenvalue weighted by molar-refractivity contribution is -0.118. The number of benzene rings is 1. The Morgan fingerprint density at radius 3 is 2.17 bits per heavy atom. The molecule has 1 unspecified atom stereocenters. The molecule has 1 rings (SSSR count). The number of carbonyl (C=O) groups excluding carboxylic acids is 1. The quantitative estimate of drug-likeness (QED) is 0.809. The summed E-state index contributed by atoms with van der Waals surface area (Å²) in [4.78, 5) is 12.0. The number of amides is 1. The maximum atomic E-state index is 11.5. The average Bonchev–Trinajstić information content (AvgIpc) is 2.31. The molecule has 0 spiro atoms. The highest BCUT2D eigenvalue weighted by molar-refractivity contribution is 9.09. The van der Waals surface area contributed by atoms with Crippen LogP contribution >= 0.6 is 15.9 Å². The second-order valence-electron chi connectivity index (χ2n) is 5.31. The van der Waals surface area contributed by atoms with Gasteiger partial charge in [0.15, 0.2) is 0 Å². The largest absolute Gasteiger partial charge is 0.326 e. The van der Waals surface area contributed by atoms with Crippen molar-refractivity contribution in [1.29, 1.82) is 0 Å². The van der Waals surface area contributed by atoms with E-state index in [0.29, 0.717) is 10.7 Å². The lowest BCUT2D eigenvalue weighted by atomic mass is 10.0. The number of alkyl halides is 1. The van der Waals surface area contributed by atoms with E-state index in [1.54, 1.807) is 0 Å². The smallest absolute Gasteiger partial charge is 0.226 e. The van der Waals surface area contributed by atoms with Gasteiger partial charge < -0.3 is 5.32 Å². The van der Waals surface area contributed by atoms with Gasteiger partial charge in [0.25, 0.3) is 0 Å². The van der Waals surface area contributed by atoms with Gasteiger partial charge in [-0.25, -0.2) is 0 Å². The van der Waals surface area contributed by atoms with Gasteiger partial charge in [-0.2, -0.15) is 0 Å². The van der Waals surface area contributed by atoms with Crippen LogP contribution in [-0.4, -0.2) is 10.7 Å². The summed E-state index contributed by atoms with van der Waals surface area (Å²) in [6, 6.07) is 8.09. The molecule has 0 aromatic heterocycles. The summed E-state index contributed by atoms with van der Waals surface area (Å²) in [5.74, 6) is 0.686. The number of nitrogens with one attached hydrogen (secondary N) is 1. The topological polar surface area (TPSA) is 29.1 Å². The fraction of sp³-hybridized carbons (Fsp3) is 0.533. The standard InChI is InChI=1S/C15H22BrNO/c1-10(2)14(16)9-12-5-7-13(8-6-12)17-15(18)11(3)4/h5-8,10-11,14H,9H2,1-4H3,(H,17,18). The van der Waals surface area contributed by atoms with E-state index in [9.17, 15) is 4.79 Å². The van der Waals surface area contributed by atoms with Crippen LogP contribution in [0.15, 0.2) is 24.3 Å². The Hall–Kier alpha value is -0.830. The van der Waals surface area contributed by atoms with Gasteiger partial charge in [0.2, 0.25) is 5.91 Å². The normalized spacial score (nSPS) is 12.8. The zero-order chi connectivity index (χ0) is 13.7. The van der Waals surface area contributed by atoms with Crippen molar-refractivity contribution < 1.29 is 4.79 Å². The molecule has 100 valence electrons. The summed E-state index contributed by atoms with van der Waals surface area (Å²) >= 11 is 3.69. The number of anilines is 1. The zero-order valence-corrected chi connectivity index (χ0v) is 13.1. The van der Waals surface area contributed by atoms with Gasteiger partial charge >= 0.3 is 0 Å². The SMILES string of the molecule is CC(C)C(=O)Nc1ccc(CC(Br)C(C)C)cc1. The molecule has 0 fully saturated rings. The third kappa shape index (κ3) is 4.81. The van der Waals surface area contributed by atoms with E-state index in [2.05, 4.69) is 47.2 Å². The Bertz CT molecular complexity index is 384. The Kier molecular flexibility index (Phi) is 5.86. The van der Waals surface area contributed by atoms with Crippen LogP contribution < -0.4 is 5.32 Å². The molecule has 1 atom stereocenters. The molecule has 1 N–H and O–H groups in total. The Morgan fingerprint density at radius 2 is 1.72 bits per heavy atom. The first-order valence-electron chi connectivity index (χ1n) is 6.44. The molecule has 0 aliphatic rings. The van der Waals surface area contributed by atoms with Crippen LogP contribution in [0.4, 0.5) is 5.69 Å². The third-order valence-electron chi connectivity index (χ3n) is 2.90. The van der Waals surface area contributed by atoms with Crippen LogP contribution in [-0.2, 0) is 11.2 Å². The van der Waals surface area contributed by atoms with Crippen molar-refractivity contribution in [1.82, 2.24) is 0 Å². The Morgan fingerprint density at radius 1 is 1.17 bits per heavy atom. The lowest BCUT2D eigenvalue weighted by Gasteiger charge is -2.14. The van der Waals surface area contributed by atoms with E-state index in [-0.39, 0.29) is 11.8 Å². The fourth-order valence-electron chi connectivity index (χ4n) is 1.47. The van der Waals surface area contributed by atoms with Crippen LogP contribution in [0.5, 0.6) is 0 Å². The van der Waals surface area contributed by atoms with Crippen molar-refractivity contribution in [3.8, 4) is 0 Å². The second kappa shape index (κ2) is 6.93. The van der Waals surface area contributed by atoms with Gasteiger partial charge in [-0.15, -0.1) is 0 Å². The summed E-state index contributed by atoms with van der Waals surface area (Å²) in [5, 5.41) is 2.89. The minimum absolute atomic E-state index is 0.0116. The first-order chi connectivity index (χ1) is 8.40. The third-order valence-corrected chi connectivity index (χ3v) is 4.28. The number of carbonyl (C=O) groups is 1. The molecule has 0 aliphatic heterocycles. The molecule has 1 aromatic carbocycles. The van der Waals surface area contributed by atoms with Crippen molar-refractivity contribution in [2.75, 3.05) is 5.32 Å². The predicted octanol–water partition coefficient (Wildman–Crippen LogP) is 4.24. The lowest BCUT2D eigenvalue weighted by Crippen LogP contribution is -2.17. The molecule has 0 aliphatic carbocycles. The van der Waals surface area contributed by atoms with Gasteiger partial charge in [0, 0.05) is 16.4 Å². The molecule has 0 bridgehead atoms. The predicted molar refractivity (Wildman–Crippen MR) is 81.2 cm³/mol. The number of hydrogen-bond donors (Lipinski definition) is 1. The summed E-state index contributed by atoms with van der Waals surface area (Å²) in [6.45, 7) is 8.19. The summed E-state index contributed by atoms with van der Waals surface area (Å²) in [7, 11) is 0. The molecule has 2 nitrogen and oxygen atoms in total. The van der Waals surface area contributed by atoms with E-state index in [4.69, 9.17) is 0 Å². The minimum atomic E-state index is 0.0116. The van der Waals surface area contributed by atoms with Crippen molar-refractivity contribution in [3.05, 3.63) is 29.8 Å². The van der Waals surface area contributed by atoms with Gasteiger partial charge in [-0.1, -0.05) is 55.8 Å². The molecule has 1 amide bonds. The van der Waals surface area contributed by atoms with Crippen molar-refractivity contribution in [2.24, 2.45) is 11.8 Å². The Labute approximate surface area is 118 Å². The molecule has 0 radical (unpaired) electrons. The zero-order valence-electron chi connectivity index (χ0n) is 11.5. The Balaban J connectivity index is 2.60. The molecule has 18 heavy (non-hydrogen) atoms. The molecule has 1 aromatic rings. The molecule has 3 heteroatoms. The number of rotatable bonds is 5. The fourth-order valence-corrected chi connectivity index (χ4v) is 1.85. The van der Waals surface area contributed by atoms with E-state index in [0.717, 1.165) is 12.1 Å². The maximum absolute atomic E-state index is 11.5. The average molecular weight is 312 g/mol.